The van der Waals surface area contributed by atoms with Crippen LogP contribution in [0, 0.1) is 5.92 Å². The number of carbonyl (C=O) groups is 1. The van der Waals surface area contributed by atoms with Crippen molar-refractivity contribution in [3.8, 4) is 0 Å². The lowest BCUT2D eigenvalue weighted by Crippen LogP contribution is -2.34. The summed E-state index contributed by atoms with van der Waals surface area (Å²) in [6, 6.07) is 2.37. The molecule has 0 saturated heterocycles. The van der Waals surface area contributed by atoms with Crippen LogP contribution in [0.3, 0.4) is 0 Å². The molecule has 1 aromatic heterocycles. The summed E-state index contributed by atoms with van der Waals surface area (Å²) in [4.78, 5) is 12.3. The third-order valence-electron chi connectivity index (χ3n) is 3.16. The van der Waals surface area contributed by atoms with Crippen LogP contribution in [0.2, 0.25) is 0 Å². The van der Waals surface area contributed by atoms with Crippen molar-refractivity contribution >= 4 is 21.8 Å². The summed E-state index contributed by atoms with van der Waals surface area (Å²) in [5.74, 6) is 0.684. The molecule has 1 atom stereocenters. The Morgan fingerprint density at radius 1 is 1.26 bits per heavy atom. The van der Waals surface area contributed by atoms with Gasteiger partial charge in [-0.25, -0.2) is 0 Å². The zero-order chi connectivity index (χ0) is 14.6. The predicted octanol–water partition coefficient (Wildman–Crippen LogP) is 4.39. The van der Waals surface area contributed by atoms with E-state index < -0.39 is 0 Å². The van der Waals surface area contributed by atoms with E-state index in [0.717, 1.165) is 23.0 Å². The van der Waals surface area contributed by atoms with Crippen LogP contribution in [0.5, 0.6) is 0 Å². The van der Waals surface area contributed by atoms with Gasteiger partial charge in [-0.2, -0.15) is 0 Å². The van der Waals surface area contributed by atoms with E-state index in [1.54, 1.807) is 0 Å². The summed E-state index contributed by atoms with van der Waals surface area (Å²) in [7, 11) is 0. The van der Waals surface area contributed by atoms with Crippen LogP contribution in [-0.2, 0) is 0 Å². The lowest BCUT2D eigenvalue weighted by molar-refractivity contribution is 0.0926. The predicted molar refractivity (Wildman–Crippen MR) is 83.5 cm³/mol. The molecule has 1 unspecified atom stereocenters. The SMILES string of the molecule is CC(C)CCC(C)NC(=O)c1cc(Br)cn1C(C)C. The second kappa shape index (κ2) is 7.13. The van der Waals surface area contributed by atoms with Crippen LogP contribution in [0.1, 0.15) is 64.0 Å². The number of nitrogens with zero attached hydrogens (tertiary/aromatic N) is 1. The minimum Gasteiger partial charge on any atom is -0.348 e. The van der Waals surface area contributed by atoms with E-state index in [2.05, 4.69) is 55.9 Å². The van der Waals surface area contributed by atoms with E-state index in [0.29, 0.717) is 5.92 Å². The molecule has 0 fully saturated rings. The van der Waals surface area contributed by atoms with Crippen LogP contribution < -0.4 is 5.32 Å². The van der Waals surface area contributed by atoms with Gasteiger partial charge in [0.05, 0.1) is 0 Å². The fourth-order valence-electron chi connectivity index (χ4n) is 2.01. The second-order valence-electron chi connectivity index (χ2n) is 5.89. The van der Waals surface area contributed by atoms with Crippen molar-refractivity contribution in [3.63, 3.8) is 0 Å². The lowest BCUT2D eigenvalue weighted by atomic mass is 10.0. The van der Waals surface area contributed by atoms with Crippen molar-refractivity contribution in [2.45, 2.75) is 59.5 Å². The highest BCUT2D eigenvalue weighted by atomic mass is 79.9. The average Bonchev–Trinajstić information content (AvgIpc) is 2.69. The van der Waals surface area contributed by atoms with Gasteiger partial charge in [0.15, 0.2) is 0 Å². The Labute approximate surface area is 124 Å². The van der Waals surface area contributed by atoms with Crippen molar-refractivity contribution in [2.24, 2.45) is 5.92 Å². The van der Waals surface area contributed by atoms with Gasteiger partial charge >= 0.3 is 0 Å². The summed E-state index contributed by atoms with van der Waals surface area (Å²) in [6.07, 6.45) is 4.11. The van der Waals surface area contributed by atoms with Crippen molar-refractivity contribution in [2.75, 3.05) is 0 Å². The van der Waals surface area contributed by atoms with Gasteiger partial charge in [-0.15, -0.1) is 0 Å². The zero-order valence-electron chi connectivity index (χ0n) is 12.5. The van der Waals surface area contributed by atoms with Gasteiger partial charge in [-0.3, -0.25) is 4.79 Å². The summed E-state index contributed by atoms with van der Waals surface area (Å²) in [5, 5.41) is 3.08. The molecular formula is C15H25BrN2O. The van der Waals surface area contributed by atoms with Gasteiger partial charge in [0.1, 0.15) is 5.69 Å². The molecule has 0 aliphatic carbocycles. The highest BCUT2D eigenvalue weighted by Crippen LogP contribution is 2.19. The third kappa shape index (κ3) is 5.01. The maximum Gasteiger partial charge on any atom is 0.268 e. The molecule has 108 valence electrons. The number of carbonyl (C=O) groups excluding carboxylic acids is 1. The highest BCUT2D eigenvalue weighted by Gasteiger charge is 2.16. The van der Waals surface area contributed by atoms with Gasteiger partial charge in [0.25, 0.3) is 5.91 Å². The first-order chi connectivity index (χ1) is 8.81. The summed E-state index contributed by atoms with van der Waals surface area (Å²) >= 11 is 3.43. The zero-order valence-corrected chi connectivity index (χ0v) is 14.1. The Kier molecular flexibility index (Phi) is 6.11. The lowest BCUT2D eigenvalue weighted by Gasteiger charge is -2.17. The summed E-state index contributed by atoms with van der Waals surface area (Å²) in [6.45, 7) is 10.6. The molecule has 1 rings (SSSR count). The first kappa shape index (κ1) is 16.3. The normalized spacial score (nSPS) is 13.1. The van der Waals surface area contributed by atoms with E-state index in [-0.39, 0.29) is 18.0 Å². The van der Waals surface area contributed by atoms with E-state index >= 15 is 0 Å². The molecule has 0 spiro atoms. The fraction of sp³-hybridized carbons (Fsp3) is 0.667. The van der Waals surface area contributed by atoms with Crippen molar-refractivity contribution < 1.29 is 4.79 Å². The van der Waals surface area contributed by atoms with E-state index in [9.17, 15) is 4.79 Å². The second-order valence-corrected chi connectivity index (χ2v) is 6.81. The first-order valence-electron chi connectivity index (χ1n) is 6.99. The number of amides is 1. The number of hydrogen-bond donors (Lipinski definition) is 1. The average molecular weight is 329 g/mol. The molecule has 0 saturated carbocycles. The molecule has 0 radical (unpaired) electrons. The topological polar surface area (TPSA) is 34.0 Å². The van der Waals surface area contributed by atoms with Crippen LogP contribution in [0.25, 0.3) is 0 Å². The molecule has 1 heterocycles. The molecule has 0 aliphatic rings. The maximum absolute atomic E-state index is 12.3. The Hall–Kier alpha value is -0.770. The van der Waals surface area contributed by atoms with Gasteiger partial charge in [-0.1, -0.05) is 13.8 Å². The number of rotatable bonds is 6. The minimum atomic E-state index is 0.00987. The van der Waals surface area contributed by atoms with Crippen LogP contribution in [0.15, 0.2) is 16.7 Å². The van der Waals surface area contributed by atoms with Crippen LogP contribution in [0.4, 0.5) is 0 Å². The molecule has 1 N–H and O–H groups in total. The number of hydrogen-bond acceptors (Lipinski definition) is 1. The maximum atomic E-state index is 12.3. The number of halogens is 1. The monoisotopic (exact) mass is 328 g/mol. The Bertz CT molecular complexity index is 424. The van der Waals surface area contributed by atoms with Gasteiger partial charge in [-0.05, 0) is 61.5 Å². The smallest absolute Gasteiger partial charge is 0.268 e. The number of nitrogens with one attached hydrogen (secondary N) is 1. The fourth-order valence-corrected chi connectivity index (χ4v) is 2.45. The quantitative estimate of drug-likeness (QED) is 0.825. The largest absolute Gasteiger partial charge is 0.348 e. The first-order valence-corrected chi connectivity index (χ1v) is 7.78. The summed E-state index contributed by atoms with van der Waals surface area (Å²) < 4.78 is 2.94. The van der Waals surface area contributed by atoms with Crippen molar-refractivity contribution in [3.05, 3.63) is 22.4 Å². The van der Waals surface area contributed by atoms with E-state index in [4.69, 9.17) is 0 Å². The van der Waals surface area contributed by atoms with Crippen molar-refractivity contribution in [1.82, 2.24) is 9.88 Å². The van der Waals surface area contributed by atoms with E-state index in [1.807, 2.05) is 16.8 Å². The molecule has 4 heteroatoms. The highest BCUT2D eigenvalue weighted by molar-refractivity contribution is 9.10. The van der Waals surface area contributed by atoms with Gasteiger partial charge in [0, 0.05) is 22.8 Å². The molecular weight excluding hydrogens is 304 g/mol. The Morgan fingerprint density at radius 3 is 2.42 bits per heavy atom. The molecule has 0 bridgehead atoms. The molecule has 0 aromatic carbocycles. The van der Waals surface area contributed by atoms with Crippen LogP contribution in [-0.4, -0.2) is 16.5 Å². The van der Waals surface area contributed by atoms with Gasteiger partial charge in [0.2, 0.25) is 0 Å². The van der Waals surface area contributed by atoms with E-state index in [1.165, 1.54) is 0 Å². The third-order valence-corrected chi connectivity index (χ3v) is 3.59. The van der Waals surface area contributed by atoms with Crippen LogP contribution >= 0.6 is 15.9 Å². The van der Waals surface area contributed by atoms with Crippen molar-refractivity contribution in [1.29, 1.82) is 0 Å². The Balaban J connectivity index is 2.67. The number of aromatic nitrogens is 1. The molecule has 1 aromatic rings. The summed E-state index contributed by atoms with van der Waals surface area (Å²) in [5.41, 5.74) is 0.721. The molecule has 3 nitrogen and oxygen atoms in total. The molecule has 19 heavy (non-hydrogen) atoms. The van der Waals surface area contributed by atoms with Gasteiger partial charge < -0.3 is 9.88 Å². The Morgan fingerprint density at radius 2 is 1.89 bits per heavy atom. The minimum absolute atomic E-state index is 0.00987. The molecule has 0 aliphatic heterocycles. The molecule has 1 amide bonds. The standard InChI is InChI=1S/C15H25BrN2O/c1-10(2)6-7-12(5)17-15(19)14-8-13(16)9-18(14)11(3)4/h8-12H,6-7H2,1-5H3,(H,17,19).